The highest BCUT2D eigenvalue weighted by Gasteiger charge is 2.25. The van der Waals surface area contributed by atoms with E-state index in [-0.39, 0.29) is 22.3 Å². The molecule has 3 heterocycles. The van der Waals surface area contributed by atoms with E-state index in [0.717, 1.165) is 43.2 Å². The van der Waals surface area contributed by atoms with Gasteiger partial charge in [0, 0.05) is 49.7 Å². The zero-order valence-electron chi connectivity index (χ0n) is 22.5. The molecule has 2 aliphatic rings. The van der Waals surface area contributed by atoms with E-state index >= 15 is 0 Å². The number of nitrogens with zero attached hydrogens (tertiary/aromatic N) is 2. The van der Waals surface area contributed by atoms with Crippen molar-refractivity contribution in [1.82, 2.24) is 9.62 Å². The molecule has 1 amide bonds. The van der Waals surface area contributed by atoms with Crippen LogP contribution in [0.4, 0.5) is 16.2 Å². The highest BCUT2D eigenvalue weighted by molar-refractivity contribution is 7.93. The highest BCUT2D eigenvalue weighted by Crippen LogP contribution is 2.36. The van der Waals surface area contributed by atoms with E-state index in [9.17, 15) is 21.6 Å². The van der Waals surface area contributed by atoms with Crippen LogP contribution in [0.3, 0.4) is 0 Å². The molecule has 0 atom stereocenters. The van der Waals surface area contributed by atoms with Crippen LogP contribution in [-0.4, -0.2) is 65.7 Å². The molecule has 0 unspecified atom stereocenters. The van der Waals surface area contributed by atoms with Crippen LogP contribution < -0.4 is 14.3 Å². The fourth-order valence-electron chi connectivity index (χ4n) is 5.30. The first kappa shape index (κ1) is 29.0. The van der Waals surface area contributed by atoms with E-state index in [1.54, 1.807) is 24.5 Å². The number of furan rings is 1. The van der Waals surface area contributed by atoms with Gasteiger partial charge in [0.1, 0.15) is 5.76 Å². The van der Waals surface area contributed by atoms with Gasteiger partial charge >= 0.3 is 6.09 Å². The number of sulfonamides is 2. The van der Waals surface area contributed by atoms with Crippen LogP contribution >= 0.6 is 0 Å². The summed E-state index contributed by atoms with van der Waals surface area (Å²) in [7, 11) is -8.11. The molecule has 2 saturated heterocycles. The van der Waals surface area contributed by atoms with Crippen LogP contribution in [0.1, 0.15) is 32.1 Å². The van der Waals surface area contributed by atoms with E-state index < -0.39 is 26.1 Å². The first-order valence-corrected chi connectivity index (χ1v) is 16.6. The van der Waals surface area contributed by atoms with Gasteiger partial charge in [0.15, 0.2) is 0 Å². The SMILES string of the molecule is O=C(O)N1CCC(CNS(=O)(=O)c2cccc(S(=O)(=O)Nc3ccc(N4CCCCC4)c(-c4ccco4)c3)c2)CC1. The molecular formula is C28H34N4O7S2. The zero-order valence-corrected chi connectivity index (χ0v) is 24.2. The summed E-state index contributed by atoms with van der Waals surface area (Å²) in [5, 5.41) is 9.09. The predicted molar refractivity (Wildman–Crippen MR) is 155 cm³/mol. The Balaban J connectivity index is 1.31. The second-order valence-corrected chi connectivity index (χ2v) is 13.9. The summed E-state index contributed by atoms with van der Waals surface area (Å²) in [4.78, 5) is 14.3. The zero-order chi connectivity index (χ0) is 29.0. The molecule has 0 spiro atoms. The van der Waals surface area contributed by atoms with Crippen LogP contribution in [0.25, 0.3) is 11.3 Å². The van der Waals surface area contributed by atoms with Gasteiger partial charge in [0.2, 0.25) is 10.0 Å². The molecule has 0 aliphatic carbocycles. The lowest BCUT2D eigenvalue weighted by atomic mass is 9.97. The number of hydrogen-bond acceptors (Lipinski definition) is 7. The number of carboxylic acid groups (broad SMARTS) is 1. The first-order valence-electron chi connectivity index (χ1n) is 13.7. The molecule has 11 nitrogen and oxygen atoms in total. The Bertz CT molecular complexity index is 1580. The van der Waals surface area contributed by atoms with Gasteiger partial charge in [-0.05, 0) is 86.6 Å². The Morgan fingerprint density at radius 2 is 1.59 bits per heavy atom. The summed E-state index contributed by atoms with van der Waals surface area (Å²) >= 11 is 0. The number of hydrogen-bond donors (Lipinski definition) is 3. The molecule has 3 aromatic rings. The number of piperidine rings is 2. The van der Waals surface area contributed by atoms with E-state index in [1.165, 1.54) is 29.5 Å². The molecule has 2 aromatic carbocycles. The molecule has 0 radical (unpaired) electrons. The third-order valence-corrected chi connectivity index (χ3v) is 10.4. The van der Waals surface area contributed by atoms with E-state index in [2.05, 4.69) is 14.3 Å². The number of carbonyl (C=O) groups is 1. The van der Waals surface area contributed by atoms with Crippen molar-refractivity contribution in [1.29, 1.82) is 0 Å². The number of likely N-dealkylation sites (tertiary alicyclic amines) is 1. The number of benzene rings is 2. The lowest BCUT2D eigenvalue weighted by molar-refractivity contribution is 0.125. The van der Waals surface area contributed by atoms with Crippen LogP contribution in [0.15, 0.2) is 75.1 Å². The van der Waals surface area contributed by atoms with E-state index in [4.69, 9.17) is 9.52 Å². The summed E-state index contributed by atoms with van der Waals surface area (Å²) in [6, 6.07) is 14.1. The molecule has 220 valence electrons. The van der Waals surface area contributed by atoms with Gasteiger partial charge in [-0.2, -0.15) is 0 Å². The normalized spacial score (nSPS) is 17.0. The maximum atomic E-state index is 13.3. The summed E-state index contributed by atoms with van der Waals surface area (Å²) < 4.78 is 63.5. The minimum atomic E-state index is -4.12. The van der Waals surface area contributed by atoms with Gasteiger partial charge < -0.3 is 19.3 Å². The number of nitrogens with one attached hydrogen (secondary N) is 2. The quantitative estimate of drug-likeness (QED) is 0.326. The molecule has 0 saturated carbocycles. The molecule has 2 fully saturated rings. The summed E-state index contributed by atoms with van der Waals surface area (Å²) in [5.41, 5.74) is 2.07. The van der Waals surface area contributed by atoms with Crippen molar-refractivity contribution in [2.24, 2.45) is 5.92 Å². The standard InChI is InChI=1S/C28H34N4O7S2/c33-28(34)32-15-11-21(12-16-32)20-29-40(35,36)23-6-4-7-24(19-23)41(37,38)30-22-9-10-26(31-13-2-1-3-14-31)25(18-22)27-8-5-17-39-27/h4-10,17-19,21,29-30H,1-3,11-16,20H2,(H,33,34). The maximum absolute atomic E-state index is 13.3. The summed E-state index contributed by atoms with van der Waals surface area (Å²) in [6.07, 6.45) is 5.04. The molecule has 0 bridgehead atoms. The van der Waals surface area contributed by atoms with E-state index in [1.807, 2.05) is 12.1 Å². The largest absolute Gasteiger partial charge is 0.465 e. The molecular weight excluding hydrogens is 568 g/mol. The van der Waals surface area contributed by atoms with Gasteiger partial charge in [0.05, 0.1) is 16.1 Å². The molecule has 41 heavy (non-hydrogen) atoms. The topological polar surface area (TPSA) is 149 Å². The second-order valence-electron chi connectivity index (χ2n) is 10.4. The van der Waals surface area contributed by atoms with Crippen LogP contribution in [0.5, 0.6) is 0 Å². The maximum Gasteiger partial charge on any atom is 0.407 e. The molecule has 13 heteroatoms. The highest BCUT2D eigenvalue weighted by atomic mass is 32.2. The van der Waals surface area contributed by atoms with Gasteiger partial charge in [-0.3, -0.25) is 4.72 Å². The minimum Gasteiger partial charge on any atom is -0.465 e. The van der Waals surface area contributed by atoms with Crippen molar-refractivity contribution in [3.05, 3.63) is 60.9 Å². The predicted octanol–water partition coefficient (Wildman–Crippen LogP) is 4.41. The Labute approximate surface area is 240 Å². The first-order chi connectivity index (χ1) is 19.6. The van der Waals surface area contributed by atoms with Crippen molar-refractivity contribution in [2.45, 2.75) is 41.9 Å². The van der Waals surface area contributed by atoms with Crippen molar-refractivity contribution in [3.63, 3.8) is 0 Å². The molecule has 3 N–H and O–H groups in total. The number of amides is 1. The Hall–Kier alpha value is -3.55. The average Bonchev–Trinajstić information content (AvgIpc) is 3.52. The number of anilines is 2. The van der Waals surface area contributed by atoms with Crippen LogP contribution in [0, 0.1) is 5.92 Å². The van der Waals surface area contributed by atoms with Gasteiger partial charge in [-0.15, -0.1) is 0 Å². The number of rotatable bonds is 9. The van der Waals surface area contributed by atoms with Crippen molar-refractivity contribution in [3.8, 4) is 11.3 Å². The molecule has 1 aromatic heterocycles. The summed E-state index contributed by atoms with van der Waals surface area (Å²) in [6.45, 7) is 2.67. The molecule has 2 aliphatic heterocycles. The lowest BCUT2D eigenvalue weighted by Gasteiger charge is -2.30. The van der Waals surface area contributed by atoms with Crippen LogP contribution in [-0.2, 0) is 20.0 Å². The van der Waals surface area contributed by atoms with Gasteiger partial charge in [0.25, 0.3) is 10.0 Å². The summed E-state index contributed by atoms with van der Waals surface area (Å²) in [5.74, 6) is 0.615. The van der Waals surface area contributed by atoms with Gasteiger partial charge in [-0.25, -0.2) is 26.4 Å². The van der Waals surface area contributed by atoms with Gasteiger partial charge in [-0.1, -0.05) is 6.07 Å². The van der Waals surface area contributed by atoms with Crippen molar-refractivity contribution in [2.75, 3.05) is 42.3 Å². The minimum absolute atomic E-state index is 0.00905. The monoisotopic (exact) mass is 602 g/mol. The Kier molecular flexibility index (Phi) is 8.57. The Morgan fingerprint density at radius 3 is 2.24 bits per heavy atom. The second kappa shape index (κ2) is 12.1. The third-order valence-electron chi connectivity index (χ3n) is 7.61. The third kappa shape index (κ3) is 6.85. The molecule has 5 rings (SSSR count). The van der Waals surface area contributed by atoms with E-state index in [0.29, 0.717) is 37.4 Å². The smallest absolute Gasteiger partial charge is 0.407 e. The van der Waals surface area contributed by atoms with Crippen molar-refractivity contribution < 1.29 is 31.2 Å². The average molecular weight is 603 g/mol. The Morgan fingerprint density at radius 1 is 0.878 bits per heavy atom. The van der Waals surface area contributed by atoms with Crippen LogP contribution in [0.2, 0.25) is 0 Å². The fourth-order valence-corrected chi connectivity index (χ4v) is 7.63. The van der Waals surface area contributed by atoms with Crippen molar-refractivity contribution >= 4 is 37.5 Å². The lowest BCUT2D eigenvalue weighted by Crippen LogP contribution is -2.40. The fraction of sp³-hybridized carbons (Fsp3) is 0.393.